The molecule has 1 aliphatic rings. The molecule has 0 saturated heterocycles. The van der Waals surface area contributed by atoms with Gasteiger partial charge in [-0.3, -0.25) is 4.98 Å². The van der Waals surface area contributed by atoms with Crippen molar-refractivity contribution in [3.8, 4) is 17.2 Å². The van der Waals surface area contributed by atoms with Gasteiger partial charge in [-0.1, -0.05) is 24.3 Å². The molecule has 0 bridgehead atoms. The minimum absolute atomic E-state index is 0.250. The summed E-state index contributed by atoms with van der Waals surface area (Å²) in [5.74, 6) is 2.61. The first kappa shape index (κ1) is 18.3. The van der Waals surface area contributed by atoms with Crippen LogP contribution in [0, 0.1) is 0 Å². The van der Waals surface area contributed by atoms with Crippen LogP contribution >= 0.6 is 0 Å². The van der Waals surface area contributed by atoms with Crippen LogP contribution < -0.4 is 19.5 Å². The van der Waals surface area contributed by atoms with Gasteiger partial charge in [0.2, 0.25) is 0 Å². The van der Waals surface area contributed by atoms with Crippen LogP contribution in [0.5, 0.6) is 17.2 Å². The fourth-order valence-corrected chi connectivity index (χ4v) is 3.38. The molecular formula is C23H24N2O3. The molecule has 0 amide bonds. The van der Waals surface area contributed by atoms with Crippen LogP contribution in [-0.2, 0) is 13.2 Å². The molecule has 1 atom stereocenters. The van der Waals surface area contributed by atoms with Crippen molar-refractivity contribution in [1.82, 2.24) is 10.3 Å². The van der Waals surface area contributed by atoms with Gasteiger partial charge in [-0.05, 0) is 36.4 Å². The second-order valence-electron chi connectivity index (χ2n) is 6.69. The zero-order valence-electron chi connectivity index (χ0n) is 15.9. The minimum Gasteiger partial charge on any atom is -0.497 e. The molecule has 1 N–H and O–H groups in total. The molecule has 1 unspecified atom stereocenters. The van der Waals surface area contributed by atoms with Crippen molar-refractivity contribution in [2.45, 2.75) is 25.6 Å². The fraction of sp³-hybridized carbons (Fsp3) is 0.261. The second-order valence-corrected chi connectivity index (χ2v) is 6.69. The van der Waals surface area contributed by atoms with Gasteiger partial charge in [0, 0.05) is 36.3 Å². The Morgan fingerprint density at radius 3 is 2.86 bits per heavy atom. The molecule has 1 aliphatic heterocycles. The highest BCUT2D eigenvalue weighted by molar-refractivity contribution is 5.41. The Morgan fingerprint density at radius 1 is 1.11 bits per heavy atom. The summed E-state index contributed by atoms with van der Waals surface area (Å²) in [5.41, 5.74) is 3.16. The highest BCUT2D eigenvalue weighted by Crippen LogP contribution is 2.32. The van der Waals surface area contributed by atoms with Crippen molar-refractivity contribution >= 4 is 0 Å². The maximum atomic E-state index is 6.05. The summed E-state index contributed by atoms with van der Waals surface area (Å²) >= 11 is 0. The van der Waals surface area contributed by atoms with E-state index >= 15 is 0 Å². The molecule has 2 heterocycles. The molecule has 144 valence electrons. The molecular weight excluding hydrogens is 352 g/mol. The first-order chi connectivity index (χ1) is 13.8. The molecule has 5 nitrogen and oxygen atoms in total. The summed E-state index contributed by atoms with van der Waals surface area (Å²) in [6, 6.07) is 20.2. The Kier molecular flexibility index (Phi) is 5.73. The summed E-state index contributed by atoms with van der Waals surface area (Å²) in [6.45, 7) is 1.82. The third-order valence-corrected chi connectivity index (χ3v) is 4.87. The molecule has 0 aliphatic carbocycles. The van der Waals surface area contributed by atoms with Gasteiger partial charge >= 0.3 is 0 Å². The van der Waals surface area contributed by atoms with Gasteiger partial charge in [0.25, 0.3) is 0 Å². The standard InChI is InChI=1S/C23H24N2O3/c1-26-19-9-10-22(28-16-18-6-4-5-12-24-18)17(14-19)15-25-21-11-13-27-23-8-3-2-7-20(21)23/h2-10,12,14,21,25H,11,13,15-16H2,1H3. The van der Waals surface area contributed by atoms with Gasteiger partial charge in [0.05, 0.1) is 19.4 Å². The lowest BCUT2D eigenvalue weighted by molar-refractivity contribution is 0.251. The molecule has 28 heavy (non-hydrogen) atoms. The number of hydrogen-bond donors (Lipinski definition) is 1. The third-order valence-electron chi connectivity index (χ3n) is 4.87. The van der Waals surface area contributed by atoms with Crippen LogP contribution in [-0.4, -0.2) is 18.7 Å². The largest absolute Gasteiger partial charge is 0.497 e. The smallest absolute Gasteiger partial charge is 0.130 e. The molecule has 2 aromatic carbocycles. The maximum absolute atomic E-state index is 6.05. The van der Waals surface area contributed by atoms with E-state index in [-0.39, 0.29) is 6.04 Å². The summed E-state index contributed by atoms with van der Waals surface area (Å²) in [6.07, 6.45) is 2.71. The van der Waals surface area contributed by atoms with E-state index in [0.29, 0.717) is 13.2 Å². The van der Waals surface area contributed by atoms with E-state index in [4.69, 9.17) is 14.2 Å². The van der Waals surface area contributed by atoms with Crippen LogP contribution in [0.1, 0.15) is 29.3 Å². The number of ether oxygens (including phenoxy) is 3. The van der Waals surface area contributed by atoms with Gasteiger partial charge in [0.1, 0.15) is 23.9 Å². The number of hydrogen-bond acceptors (Lipinski definition) is 5. The number of nitrogens with one attached hydrogen (secondary N) is 1. The number of rotatable bonds is 7. The Bertz CT molecular complexity index is 915. The lowest BCUT2D eigenvalue weighted by Gasteiger charge is -2.27. The molecule has 0 spiro atoms. The van der Waals surface area contributed by atoms with Crippen LogP contribution in [0.4, 0.5) is 0 Å². The maximum Gasteiger partial charge on any atom is 0.130 e. The molecule has 0 saturated carbocycles. The first-order valence-corrected chi connectivity index (χ1v) is 9.48. The molecule has 1 aromatic heterocycles. The van der Waals surface area contributed by atoms with Crippen molar-refractivity contribution < 1.29 is 14.2 Å². The quantitative estimate of drug-likeness (QED) is 0.667. The summed E-state index contributed by atoms with van der Waals surface area (Å²) in [5, 5.41) is 3.65. The van der Waals surface area contributed by atoms with Gasteiger partial charge in [0.15, 0.2) is 0 Å². The highest BCUT2D eigenvalue weighted by atomic mass is 16.5. The third kappa shape index (κ3) is 4.26. The lowest BCUT2D eigenvalue weighted by atomic mass is 10.00. The Hall–Kier alpha value is -3.05. The van der Waals surface area contributed by atoms with E-state index < -0.39 is 0 Å². The van der Waals surface area contributed by atoms with Gasteiger partial charge in [-0.2, -0.15) is 0 Å². The van der Waals surface area contributed by atoms with E-state index in [1.165, 1.54) is 5.56 Å². The van der Waals surface area contributed by atoms with Crippen molar-refractivity contribution in [3.63, 3.8) is 0 Å². The fourth-order valence-electron chi connectivity index (χ4n) is 3.38. The van der Waals surface area contributed by atoms with Gasteiger partial charge in [-0.15, -0.1) is 0 Å². The SMILES string of the molecule is COc1ccc(OCc2ccccn2)c(CNC2CCOc3ccccc32)c1. The highest BCUT2D eigenvalue weighted by Gasteiger charge is 2.21. The molecule has 4 rings (SSSR count). The predicted octanol–water partition coefficient (Wildman–Crippen LogP) is 4.28. The average molecular weight is 376 g/mol. The molecule has 5 heteroatoms. The normalized spacial score (nSPS) is 15.4. The van der Waals surface area contributed by atoms with E-state index in [1.54, 1.807) is 13.3 Å². The van der Waals surface area contributed by atoms with Crippen LogP contribution in [0.3, 0.4) is 0 Å². The van der Waals surface area contributed by atoms with E-state index in [9.17, 15) is 0 Å². The number of aromatic nitrogens is 1. The Labute approximate surface area is 165 Å². The van der Waals surface area contributed by atoms with E-state index in [2.05, 4.69) is 22.4 Å². The zero-order valence-corrected chi connectivity index (χ0v) is 15.9. The molecule has 0 fully saturated rings. The molecule has 3 aromatic rings. The first-order valence-electron chi connectivity index (χ1n) is 9.48. The zero-order chi connectivity index (χ0) is 19.2. The van der Waals surface area contributed by atoms with E-state index in [0.717, 1.165) is 41.5 Å². The number of nitrogens with zero attached hydrogens (tertiary/aromatic N) is 1. The summed E-state index contributed by atoms with van der Waals surface area (Å²) in [7, 11) is 1.68. The number of pyridine rings is 1. The van der Waals surface area contributed by atoms with Crippen LogP contribution in [0.25, 0.3) is 0 Å². The summed E-state index contributed by atoms with van der Waals surface area (Å²) in [4.78, 5) is 4.32. The Morgan fingerprint density at radius 2 is 2.00 bits per heavy atom. The minimum atomic E-state index is 0.250. The predicted molar refractivity (Wildman–Crippen MR) is 108 cm³/mol. The number of methoxy groups -OCH3 is 1. The molecule has 0 radical (unpaired) electrons. The monoisotopic (exact) mass is 376 g/mol. The lowest BCUT2D eigenvalue weighted by Crippen LogP contribution is -2.26. The average Bonchev–Trinajstić information content (AvgIpc) is 2.77. The Balaban J connectivity index is 1.49. The van der Waals surface area contributed by atoms with E-state index in [1.807, 2.05) is 48.5 Å². The van der Waals surface area contributed by atoms with Crippen LogP contribution in [0.2, 0.25) is 0 Å². The van der Waals surface area contributed by atoms with Crippen molar-refractivity contribution in [2.75, 3.05) is 13.7 Å². The number of fused-ring (bicyclic) bond motifs is 1. The van der Waals surface area contributed by atoms with Gasteiger partial charge in [-0.25, -0.2) is 0 Å². The number of para-hydroxylation sites is 1. The van der Waals surface area contributed by atoms with Gasteiger partial charge < -0.3 is 19.5 Å². The van der Waals surface area contributed by atoms with Crippen molar-refractivity contribution in [2.24, 2.45) is 0 Å². The second kappa shape index (κ2) is 8.76. The van der Waals surface area contributed by atoms with Crippen molar-refractivity contribution in [3.05, 3.63) is 83.7 Å². The van der Waals surface area contributed by atoms with Crippen LogP contribution in [0.15, 0.2) is 66.9 Å². The summed E-state index contributed by atoms with van der Waals surface area (Å²) < 4.78 is 17.2. The van der Waals surface area contributed by atoms with Crippen molar-refractivity contribution in [1.29, 1.82) is 0 Å². The topological polar surface area (TPSA) is 52.6 Å². The number of benzene rings is 2.